The van der Waals surface area contributed by atoms with Gasteiger partial charge in [0.15, 0.2) is 0 Å². The Hall–Kier alpha value is -1.69. The second-order valence-corrected chi connectivity index (χ2v) is 5.38. The molecular formula is C13H17ClN6. The van der Waals surface area contributed by atoms with Crippen molar-refractivity contribution in [2.24, 2.45) is 0 Å². The zero-order chi connectivity index (χ0) is 13.9. The predicted octanol–water partition coefficient (Wildman–Crippen LogP) is 2.48. The van der Waals surface area contributed by atoms with Crippen molar-refractivity contribution in [1.82, 2.24) is 24.7 Å². The summed E-state index contributed by atoms with van der Waals surface area (Å²) in [6, 6.07) is 2.24. The molecule has 0 aliphatic carbocycles. The summed E-state index contributed by atoms with van der Waals surface area (Å²) >= 11 is 6.04. The number of hydrogen-bond donors (Lipinski definition) is 0. The van der Waals surface area contributed by atoms with Crippen LogP contribution >= 0.6 is 11.6 Å². The molecule has 6 nitrogen and oxygen atoms in total. The maximum Gasteiger partial charge on any atom is 0.256 e. The third-order valence-corrected chi connectivity index (χ3v) is 3.77. The minimum Gasteiger partial charge on any atom is -0.338 e. The molecule has 1 aliphatic rings. The first-order chi connectivity index (χ1) is 9.74. The van der Waals surface area contributed by atoms with Crippen LogP contribution in [0.3, 0.4) is 0 Å². The lowest BCUT2D eigenvalue weighted by Crippen LogP contribution is -2.34. The molecule has 3 heterocycles. The molecule has 0 aromatic carbocycles. The zero-order valence-electron chi connectivity index (χ0n) is 11.4. The van der Waals surface area contributed by atoms with Crippen LogP contribution in [0.5, 0.6) is 0 Å². The Morgan fingerprint density at radius 2 is 2.00 bits per heavy atom. The van der Waals surface area contributed by atoms with Crippen LogP contribution < -0.4 is 4.90 Å². The van der Waals surface area contributed by atoms with Crippen LogP contribution in [-0.2, 0) is 0 Å². The van der Waals surface area contributed by atoms with Gasteiger partial charge in [0.05, 0.1) is 0 Å². The lowest BCUT2D eigenvalue weighted by molar-refractivity contribution is 0.601. The summed E-state index contributed by atoms with van der Waals surface area (Å²) in [6.07, 6.45) is 8.30. The van der Waals surface area contributed by atoms with Crippen molar-refractivity contribution in [1.29, 1.82) is 0 Å². The quantitative estimate of drug-likeness (QED) is 0.851. The molecule has 0 N–H and O–H groups in total. The Labute approximate surface area is 122 Å². The molecular weight excluding hydrogens is 276 g/mol. The Morgan fingerprint density at radius 1 is 1.15 bits per heavy atom. The number of hydrogen-bond acceptors (Lipinski definition) is 5. The Morgan fingerprint density at radius 3 is 2.80 bits per heavy atom. The fourth-order valence-electron chi connectivity index (χ4n) is 2.52. The molecule has 1 aliphatic heterocycles. The van der Waals surface area contributed by atoms with E-state index in [1.54, 1.807) is 17.1 Å². The van der Waals surface area contributed by atoms with Crippen molar-refractivity contribution in [3.8, 4) is 5.95 Å². The highest BCUT2D eigenvalue weighted by Crippen LogP contribution is 2.22. The van der Waals surface area contributed by atoms with Gasteiger partial charge < -0.3 is 4.90 Å². The molecule has 1 unspecified atom stereocenters. The van der Waals surface area contributed by atoms with E-state index in [2.05, 4.69) is 31.9 Å². The number of rotatable bonds is 2. The van der Waals surface area contributed by atoms with Crippen molar-refractivity contribution in [3.63, 3.8) is 0 Å². The van der Waals surface area contributed by atoms with Crippen LogP contribution in [0, 0.1) is 0 Å². The zero-order valence-corrected chi connectivity index (χ0v) is 12.2. The summed E-state index contributed by atoms with van der Waals surface area (Å²) in [5, 5.41) is 4.34. The van der Waals surface area contributed by atoms with E-state index in [1.165, 1.54) is 12.8 Å². The fraction of sp³-hybridized carbons (Fsp3) is 0.538. The number of aromatic nitrogens is 5. The summed E-state index contributed by atoms with van der Waals surface area (Å²) < 4.78 is 1.60. The minimum atomic E-state index is 0.206. The lowest BCUT2D eigenvalue weighted by Gasteiger charge is -2.27. The van der Waals surface area contributed by atoms with Gasteiger partial charge in [0.1, 0.15) is 0 Å². The molecule has 0 saturated carbocycles. The largest absolute Gasteiger partial charge is 0.338 e. The average Bonchev–Trinajstić information content (AvgIpc) is 2.88. The van der Waals surface area contributed by atoms with Gasteiger partial charge >= 0.3 is 0 Å². The van der Waals surface area contributed by atoms with Crippen molar-refractivity contribution < 1.29 is 0 Å². The second-order valence-electron chi connectivity index (χ2n) is 5.05. The van der Waals surface area contributed by atoms with E-state index in [1.807, 2.05) is 6.07 Å². The molecule has 2 aromatic rings. The topological polar surface area (TPSA) is 59.7 Å². The average molecular weight is 293 g/mol. The number of anilines is 1. The van der Waals surface area contributed by atoms with Crippen LogP contribution in [0.1, 0.15) is 32.6 Å². The van der Waals surface area contributed by atoms with Gasteiger partial charge in [-0.05, 0) is 37.4 Å². The summed E-state index contributed by atoms with van der Waals surface area (Å²) in [5.74, 6) is 1.10. The maximum absolute atomic E-state index is 6.04. The molecule has 106 valence electrons. The Bertz CT molecular complexity index is 570. The van der Waals surface area contributed by atoms with Crippen LogP contribution in [0.25, 0.3) is 5.95 Å². The molecule has 0 radical (unpaired) electrons. The van der Waals surface area contributed by atoms with Gasteiger partial charge in [0, 0.05) is 25.0 Å². The molecule has 7 heteroatoms. The summed E-state index contributed by atoms with van der Waals surface area (Å²) in [5.41, 5.74) is 0. The van der Waals surface area contributed by atoms with Crippen molar-refractivity contribution in [2.45, 2.75) is 38.6 Å². The first kappa shape index (κ1) is 13.3. The molecule has 1 fully saturated rings. The van der Waals surface area contributed by atoms with Crippen LogP contribution in [0.2, 0.25) is 5.28 Å². The highest BCUT2D eigenvalue weighted by molar-refractivity contribution is 6.28. The molecule has 3 rings (SSSR count). The monoisotopic (exact) mass is 292 g/mol. The van der Waals surface area contributed by atoms with E-state index in [0.29, 0.717) is 17.9 Å². The van der Waals surface area contributed by atoms with E-state index in [-0.39, 0.29) is 5.28 Å². The van der Waals surface area contributed by atoms with Gasteiger partial charge in [-0.3, -0.25) is 0 Å². The van der Waals surface area contributed by atoms with Gasteiger partial charge in [0.2, 0.25) is 11.2 Å². The molecule has 0 spiro atoms. The summed E-state index contributed by atoms with van der Waals surface area (Å²) in [4.78, 5) is 15.2. The summed E-state index contributed by atoms with van der Waals surface area (Å²) in [7, 11) is 0. The SMILES string of the molecule is CC1CCCCCN1c1nc(Cl)nc(-n2cccn2)n1. The van der Waals surface area contributed by atoms with Gasteiger partial charge in [-0.25, -0.2) is 4.68 Å². The molecule has 2 aromatic heterocycles. The lowest BCUT2D eigenvalue weighted by atomic mass is 10.1. The van der Waals surface area contributed by atoms with E-state index in [0.717, 1.165) is 19.4 Å². The molecule has 1 atom stereocenters. The number of nitrogens with zero attached hydrogens (tertiary/aromatic N) is 6. The predicted molar refractivity (Wildman–Crippen MR) is 77.2 cm³/mol. The van der Waals surface area contributed by atoms with Crippen LogP contribution in [0.15, 0.2) is 18.5 Å². The van der Waals surface area contributed by atoms with Crippen molar-refractivity contribution in [3.05, 3.63) is 23.7 Å². The van der Waals surface area contributed by atoms with Crippen LogP contribution in [-0.4, -0.2) is 37.3 Å². The first-order valence-electron chi connectivity index (χ1n) is 6.92. The molecule has 0 amide bonds. The molecule has 1 saturated heterocycles. The third-order valence-electron chi connectivity index (χ3n) is 3.60. The minimum absolute atomic E-state index is 0.206. The van der Waals surface area contributed by atoms with Gasteiger partial charge in [-0.15, -0.1) is 0 Å². The van der Waals surface area contributed by atoms with Gasteiger partial charge in [-0.1, -0.05) is 12.8 Å². The van der Waals surface area contributed by atoms with Gasteiger partial charge in [0.25, 0.3) is 5.95 Å². The van der Waals surface area contributed by atoms with E-state index < -0.39 is 0 Å². The molecule has 0 bridgehead atoms. The standard InChI is InChI=1S/C13H17ClN6/c1-10-6-3-2-4-8-19(10)12-16-11(14)17-13(18-12)20-9-5-7-15-20/h5,7,9-10H,2-4,6,8H2,1H3. The van der Waals surface area contributed by atoms with E-state index in [4.69, 9.17) is 11.6 Å². The fourth-order valence-corrected chi connectivity index (χ4v) is 2.67. The Kier molecular flexibility index (Phi) is 3.82. The van der Waals surface area contributed by atoms with E-state index >= 15 is 0 Å². The first-order valence-corrected chi connectivity index (χ1v) is 7.30. The van der Waals surface area contributed by atoms with Crippen molar-refractivity contribution >= 4 is 17.5 Å². The maximum atomic E-state index is 6.04. The normalized spacial score (nSPS) is 19.9. The number of halogens is 1. The van der Waals surface area contributed by atoms with Crippen LogP contribution in [0.4, 0.5) is 5.95 Å². The second kappa shape index (κ2) is 5.75. The Balaban J connectivity index is 1.96. The smallest absolute Gasteiger partial charge is 0.256 e. The van der Waals surface area contributed by atoms with Gasteiger partial charge in [-0.2, -0.15) is 20.1 Å². The molecule has 20 heavy (non-hydrogen) atoms. The highest BCUT2D eigenvalue weighted by atomic mass is 35.5. The van der Waals surface area contributed by atoms with Crippen molar-refractivity contribution in [2.75, 3.05) is 11.4 Å². The summed E-state index contributed by atoms with van der Waals surface area (Å²) in [6.45, 7) is 3.16. The third kappa shape index (κ3) is 2.75. The van der Waals surface area contributed by atoms with E-state index in [9.17, 15) is 0 Å². The highest BCUT2D eigenvalue weighted by Gasteiger charge is 2.21.